The van der Waals surface area contributed by atoms with Gasteiger partial charge >= 0.3 is 25.0 Å². The molecule has 0 saturated carbocycles. The van der Waals surface area contributed by atoms with E-state index in [1.165, 1.54) is 0 Å². The Morgan fingerprint density at radius 1 is 1.00 bits per heavy atom. The molecule has 3 nitrogen and oxygen atoms in total. The van der Waals surface area contributed by atoms with Gasteiger partial charge in [-0.25, -0.2) is 0 Å². The maximum absolute atomic E-state index is 8.48. The van der Waals surface area contributed by atoms with Gasteiger partial charge in [0.1, 0.15) is 0 Å². The predicted molar refractivity (Wildman–Crippen MR) is 2.06 cm³/mol. The fourth-order valence-electron chi connectivity index (χ4n) is 0. The summed E-state index contributed by atoms with van der Waals surface area (Å²) in [6.07, 6.45) is 0. The second-order valence-electron chi connectivity index (χ2n) is 0.167. The van der Waals surface area contributed by atoms with Crippen LogP contribution in [-0.2, 0) is 25.0 Å². The van der Waals surface area contributed by atoms with Gasteiger partial charge in [-0.2, -0.15) is 0 Å². The Labute approximate surface area is 26.0 Å². The van der Waals surface area contributed by atoms with Crippen molar-refractivity contribution in [2.75, 3.05) is 0 Å². The van der Waals surface area contributed by atoms with Crippen LogP contribution in [0.25, 0.3) is 0 Å². The molecule has 0 aliphatic heterocycles. The van der Waals surface area contributed by atoms with Crippen molar-refractivity contribution in [2.24, 2.45) is 0 Å². The van der Waals surface area contributed by atoms with Crippen LogP contribution < -0.4 is 0 Å². The molecule has 0 heterocycles. The topological polar surface area (TPSA) is 51.2 Å². The first-order valence-corrected chi connectivity index (χ1v) is 1.68. The zero-order valence-electron chi connectivity index (χ0n) is 1.56. The van der Waals surface area contributed by atoms with Gasteiger partial charge in [0.15, 0.2) is 0 Å². The molecule has 0 aromatic heterocycles. The molecule has 0 fully saturated rings. The molecular formula is CoO3-4. The van der Waals surface area contributed by atoms with E-state index in [1.807, 2.05) is 0 Å². The zero-order chi connectivity index (χ0) is 3.58. The SMILES string of the molecule is [O]=[Co-4](=[O])=[O]. The Bertz CT molecular complexity index is 72.7. The molecule has 31 valence electrons. The Morgan fingerprint density at radius 3 is 1.00 bits per heavy atom. The summed E-state index contributed by atoms with van der Waals surface area (Å²) < 4.78 is 25.4. The minimum atomic E-state index is -3.35. The third-order valence-electron chi connectivity index (χ3n) is 0. The average molecular weight is 107 g/mol. The van der Waals surface area contributed by atoms with E-state index in [9.17, 15) is 0 Å². The van der Waals surface area contributed by atoms with Gasteiger partial charge in [-0.15, -0.1) is 0 Å². The molecule has 0 aromatic rings. The van der Waals surface area contributed by atoms with Gasteiger partial charge in [-0.3, -0.25) is 0 Å². The molecule has 0 atom stereocenters. The summed E-state index contributed by atoms with van der Waals surface area (Å²) in [6.45, 7) is 0. The van der Waals surface area contributed by atoms with Crippen LogP contribution in [0.5, 0.6) is 0 Å². The zero-order valence-corrected chi connectivity index (χ0v) is 2.60. The molecule has 4 heavy (non-hydrogen) atoms. The number of rotatable bonds is 0. The van der Waals surface area contributed by atoms with Crippen molar-refractivity contribution in [3.63, 3.8) is 0 Å². The normalized spacial score (nSPS) is 10.5. The average Bonchev–Trinajstić information content (AvgIpc) is 0.811. The van der Waals surface area contributed by atoms with Gasteiger partial charge in [0.2, 0.25) is 0 Å². The van der Waals surface area contributed by atoms with Crippen molar-refractivity contribution in [3.8, 4) is 0 Å². The first-order chi connectivity index (χ1) is 1.73. The van der Waals surface area contributed by atoms with E-state index in [0.29, 0.717) is 0 Å². The summed E-state index contributed by atoms with van der Waals surface area (Å²) in [4.78, 5) is 0. The Morgan fingerprint density at radius 2 is 1.00 bits per heavy atom. The van der Waals surface area contributed by atoms with E-state index < -0.39 is 13.4 Å². The Hall–Kier alpha value is -0.0935. The van der Waals surface area contributed by atoms with E-state index in [4.69, 9.17) is 11.6 Å². The minimum absolute atomic E-state index is 3.35. The van der Waals surface area contributed by atoms with Gasteiger partial charge in [0.25, 0.3) is 0 Å². The van der Waals surface area contributed by atoms with Crippen molar-refractivity contribution in [1.82, 2.24) is 0 Å². The molecular weight excluding hydrogens is 107 g/mol. The molecule has 0 unspecified atom stereocenters. The number of hydrogen-bond donors (Lipinski definition) is 0. The van der Waals surface area contributed by atoms with E-state index in [-0.39, 0.29) is 0 Å². The van der Waals surface area contributed by atoms with E-state index >= 15 is 0 Å². The quantitative estimate of drug-likeness (QED) is 0.424. The molecule has 4 heteroatoms. The third kappa shape index (κ3) is 179. The summed E-state index contributed by atoms with van der Waals surface area (Å²) >= 11 is -3.35. The van der Waals surface area contributed by atoms with Crippen LogP contribution in [0.4, 0.5) is 0 Å². The first kappa shape index (κ1) is 3.91. The third-order valence-corrected chi connectivity index (χ3v) is 0. The molecule has 0 bridgehead atoms. The van der Waals surface area contributed by atoms with Crippen molar-refractivity contribution in [1.29, 1.82) is 0 Å². The second-order valence-corrected chi connectivity index (χ2v) is 0.687. The molecule has 0 aliphatic rings. The first-order valence-electron chi connectivity index (χ1n) is 0.408. The molecule has 0 spiro atoms. The predicted octanol–water partition coefficient (Wildman–Crippen LogP) is -0.359. The standard InChI is InChI=1S/Co.3O/q-4;;;. The fraction of sp³-hybridized carbons (Fsp3) is 0. The van der Waals surface area contributed by atoms with Crippen LogP contribution in [0.2, 0.25) is 0 Å². The van der Waals surface area contributed by atoms with Crippen LogP contribution in [0.1, 0.15) is 0 Å². The molecule has 0 amide bonds. The summed E-state index contributed by atoms with van der Waals surface area (Å²) in [5.41, 5.74) is 0. The summed E-state index contributed by atoms with van der Waals surface area (Å²) in [5.74, 6) is 0. The molecule has 0 radical (unpaired) electrons. The number of hydrogen-bond acceptors (Lipinski definition) is 3. The maximum atomic E-state index is 8.48. The van der Waals surface area contributed by atoms with Crippen LogP contribution in [0.3, 0.4) is 0 Å². The van der Waals surface area contributed by atoms with E-state index in [2.05, 4.69) is 0 Å². The van der Waals surface area contributed by atoms with Gasteiger partial charge in [-0.05, 0) is 0 Å². The summed E-state index contributed by atoms with van der Waals surface area (Å²) in [6, 6.07) is 0. The van der Waals surface area contributed by atoms with E-state index in [1.54, 1.807) is 0 Å². The van der Waals surface area contributed by atoms with Crippen LogP contribution in [-0.4, -0.2) is 0 Å². The molecule has 0 rings (SSSR count). The summed E-state index contributed by atoms with van der Waals surface area (Å²) in [5, 5.41) is 0. The van der Waals surface area contributed by atoms with Crippen molar-refractivity contribution in [3.05, 3.63) is 0 Å². The molecule has 0 aromatic carbocycles. The van der Waals surface area contributed by atoms with Gasteiger partial charge in [-0.1, -0.05) is 0 Å². The van der Waals surface area contributed by atoms with Crippen molar-refractivity contribution < 1.29 is 25.0 Å². The van der Waals surface area contributed by atoms with E-state index in [0.717, 1.165) is 0 Å². The van der Waals surface area contributed by atoms with Gasteiger partial charge in [0.05, 0.1) is 0 Å². The van der Waals surface area contributed by atoms with Gasteiger partial charge in [0, 0.05) is 0 Å². The van der Waals surface area contributed by atoms with Crippen LogP contribution in [0, 0.1) is 0 Å². The van der Waals surface area contributed by atoms with Crippen LogP contribution >= 0.6 is 0 Å². The molecule has 0 N–H and O–H groups in total. The van der Waals surface area contributed by atoms with Crippen molar-refractivity contribution in [2.45, 2.75) is 0 Å². The molecule has 0 saturated heterocycles. The fourth-order valence-corrected chi connectivity index (χ4v) is 0. The van der Waals surface area contributed by atoms with Crippen molar-refractivity contribution >= 4 is 0 Å². The second kappa shape index (κ2) is 1.25. The Kier molecular flexibility index (Phi) is 1.22. The Balaban J connectivity index is 4.65. The summed E-state index contributed by atoms with van der Waals surface area (Å²) in [7, 11) is 0. The van der Waals surface area contributed by atoms with Gasteiger partial charge < -0.3 is 0 Å². The monoisotopic (exact) mass is 107 g/mol. The molecule has 0 aliphatic carbocycles. The van der Waals surface area contributed by atoms with Crippen LogP contribution in [0.15, 0.2) is 0 Å².